The molecule has 0 aliphatic heterocycles. The summed E-state index contributed by atoms with van der Waals surface area (Å²) in [5.41, 5.74) is 5.34. The quantitative estimate of drug-likeness (QED) is 0.564. The van der Waals surface area contributed by atoms with E-state index < -0.39 is 0 Å². The van der Waals surface area contributed by atoms with Crippen LogP contribution in [0, 0.1) is 13.8 Å². The van der Waals surface area contributed by atoms with Crippen LogP contribution in [0.15, 0.2) is 0 Å². The molecule has 0 aliphatic rings. The molecular weight excluding hydrogens is 86.1 g/mol. The van der Waals surface area contributed by atoms with E-state index >= 15 is 0 Å². The van der Waals surface area contributed by atoms with Crippen LogP contribution in [-0.2, 0) is 0 Å². The topological polar surface area (TPSA) is 26.0 Å². The first-order valence-electron chi connectivity index (χ1n) is 2.65. The molecule has 0 aromatic heterocycles. The Morgan fingerprint density at radius 1 is 1.57 bits per heavy atom. The summed E-state index contributed by atoms with van der Waals surface area (Å²) < 4.78 is 0. The van der Waals surface area contributed by atoms with E-state index in [1.807, 2.05) is 0 Å². The average molecular weight is 99.2 g/mol. The van der Waals surface area contributed by atoms with E-state index in [1.165, 1.54) is 0 Å². The summed E-state index contributed by atoms with van der Waals surface area (Å²) in [6.07, 6.45) is 3.08. The van der Waals surface area contributed by atoms with Gasteiger partial charge in [0.25, 0.3) is 0 Å². The summed E-state index contributed by atoms with van der Waals surface area (Å²) in [4.78, 5) is 0. The zero-order valence-corrected chi connectivity index (χ0v) is 4.69. The predicted octanol–water partition coefficient (Wildman–Crippen LogP) is 1.15. The van der Waals surface area contributed by atoms with Crippen molar-refractivity contribution < 1.29 is 0 Å². The van der Waals surface area contributed by atoms with Gasteiger partial charge >= 0.3 is 0 Å². The van der Waals surface area contributed by atoms with Crippen LogP contribution >= 0.6 is 0 Å². The average Bonchev–Trinajstić information content (AvgIpc) is 1.61. The van der Waals surface area contributed by atoms with Crippen LogP contribution in [0.2, 0.25) is 0 Å². The molecule has 0 aliphatic carbocycles. The van der Waals surface area contributed by atoms with Gasteiger partial charge in [-0.2, -0.15) is 0 Å². The Hall–Kier alpha value is -0.0400. The van der Waals surface area contributed by atoms with Crippen molar-refractivity contribution >= 4 is 0 Å². The largest absolute Gasteiger partial charge is 0.328 e. The van der Waals surface area contributed by atoms with Crippen LogP contribution in [-0.4, -0.2) is 6.04 Å². The van der Waals surface area contributed by atoms with Crippen molar-refractivity contribution in [1.29, 1.82) is 0 Å². The van der Waals surface area contributed by atoms with Gasteiger partial charge in [-0.1, -0.05) is 19.8 Å². The molecule has 0 saturated heterocycles. The van der Waals surface area contributed by atoms with Gasteiger partial charge in [0.05, 0.1) is 0 Å². The van der Waals surface area contributed by atoms with Gasteiger partial charge in [0.15, 0.2) is 0 Å². The summed E-state index contributed by atoms with van der Waals surface area (Å²) in [5, 5.41) is 0. The summed E-state index contributed by atoms with van der Waals surface area (Å²) in [6, 6.07) is 0.113. The summed E-state index contributed by atoms with van der Waals surface area (Å²) in [5.74, 6) is 0. The molecule has 1 nitrogen and oxygen atoms in total. The second-order valence-electron chi connectivity index (χ2n) is 1.76. The molecule has 0 aromatic rings. The van der Waals surface area contributed by atoms with Crippen LogP contribution in [0.5, 0.6) is 0 Å². The van der Waals surface area contributed by atoms with E-state index in [9.17, 15) is 0 Å². The highest BCUT2D eigenvalue weighted by atomic mass is 14.6. The van der Waals surface area contributed by atoms with Crippen molar-refractivity contribution in [2.24, 2.45) is 5.73 Å². The molecule has 0 aromatic carbocycles. The van der Waals surface area contributed by atoms with Crippen LogP contribution in [0.3, 0.4) is 0 Å². The predicted molar refractivity (Wildman–Crippen MR) is 32.5 cm³/mol. The standard InChI is InChI=1S/C6H13N/c1-3-4-5-6(2)7/h6H,1-5,7H2. The van der Waals surface area contributed by atoms with Crippen LogP contribution in [0.4, 0.5) is 0 Å². The summed E-state index contributed by atoms with van der Waals surface area (Å²) in [7, 11) is 0. The van der Waals surface area contributed by atoms with Crippen molar-refractivity contribution in [1.82, 2.24) is 0 Å². The minimum Gasteiger partial charge on any atom is -0.328 e. The lowest BCUT2D eigenvalue weighted by Crippen LogP contribution is -2.14. The molecule has 7 heavy (non-hydrogen) atoms. The van der Waals surface area contributed by atoms with Gasteiger partial charge in [0.2, 0.25) is 0 Å². The van der Waals surface area contributed by atoms with Crippen molar-refractivity contribution in [2.75, 3.05) is 0 Å². The van der Waals surface area contributed by atoms with E-state index in [0.717, 1.165) is 19.3 Å². The Labute approximate surface area is 45.9 Å². The number of nitrogens with two attached hydrogens (primary N) is 1. The van der Waals surface area contributed by atoms with Crippen LogP contribution in [0.1, 0.15) is 19.3 Å². The highest BCUT2D eigenvalue weighted by Crippen LogP contribution is 1.94. The van der Waals surface area contributed by atoms with Gasteiger partial charge in [0.1, 0.15) is 0 Å². The van der Waals surface area contributed by atoms with Gasteiger partial charge in [0, 0.05) is 6.04 Å². The molecule has 2 radical (unpaired) electrons. The molecule has 0 rings (SSSR count). The van der Waals surface area contributed by atoms with Crippen LogP contribution < -0.4 is 5.73 Å². The van der Waals surface area contributed by atoms with Gasteiger partial charge < -0.3 is 5.73 Å². The van der Waals surface area contributed by atoms with Crippen molar-refractivity contribution in [3.63, 3.8) is 0 Å². The number of hydrogen-bond donors (Lipinski definition) is 1. The minimum atomic E-state index is 0.113. The summed E-state index contributed by atoms with van der Waals surface area (Å²) >= 11 is 0. The number of unbranched alkanes of at least 4 members (excludes halogenated alkanes) is 1. The maximum atomic E-state index is 5.34. The molecule has 1 unspecified atom stereocenters. The van der Waals surface area contributed by atoms with Crippen LogP contribution in [0.25, 0.3) is 0 Å². The third-order valence-corrected chi connectivity index (χ3v) is 0.825. The minimum absolute atomic E-state index is 0.113. The maximum absolute atomic E-state index is 5.34. The SMILES string of the molecule is [CH2]CCCC([CH2])N. The Balaban J connectivity index is 2.68. The van der Waals surface area contributed by atoms with Crippen molar-refractivity contribution in [2.45, 2.75) is 25.3 Å². The van der Waals surface area contributed by atoms with E-state index in [2.05, 4.69) is 13.8 Å². The van der Waals surface area contributed by atoms with Crippen molar-refractivity contribution in [3.8, 4) is 0 Å². The molecule has 0 spiro atoms. The lowest BCUT2D eigenvalue weighted by Gasteiger charge is -1.99. The smallest absolute Gasteiger partial charge is 0.00394 e. The van der Waals surface area contributed by atoms with E-state index in [4.69, 9.17) is 5.73 Å². The molecule has 1 heteroatoms. The molecule has 2 N–H and O–H groups in total. The third-order valence-electron chi connectivity index (χ3n) is 0.825. The van der Waals surface area contributed by atoms with Gasteiger partial charge in [-0.3, -0.25) is 0 Å². The fourth-order valence-electron chi connectivity index (χ4n) is 0.407. The molecule has 42 valence electrons. The number of hydrogen-bond acceptors (Lipinski definition) is 1. The molecule has 0 heterocycles. The Bertz CT molecular complexity index is 33.2. The summed E-state index contributed by atoms with van der Waals surface area (Å²) in [6.45, 7) is 7.30. The second kappa shape index (κ2) is 4.13. The Kier molecular flexibility index (Phi) is 4.10. The maximum Gasteiger partial charge on any atom is 0.00394 e. The van der Waals surface area contributed by atoms with Gasteiger partial charge in [-0.15, -0.1) is 0 Å². The molecule has 0 amide bonds. The third kappa shape index (κ3) is 5.96. The lowest BCUT2D eigenvalue weighted by molar-refractivity contribution is 0.671. The second-order valence-corrected chi connectivity index (χ2v) is 1.76. The van der Waals surface area contributed by atoms with Crippen molar-refractivity contribution in [3.05, 3.63) is 13.8 Å². The highest BCUT2D eigenvalue weighted by Gasteiger charge is 1.89. The number of rotatable bonds is 3. The van der Waals surface area contributed by atoms with E-state index in [-0.39, 0.29) is 6.04 Å². The normalized spacial score (nSPS) is 14.1. The van der Waals surface area contributed by atoms with E-state index in [1.54, 1.807) is 0 Å². The molecule has 0 fully saturated rings. The lowest BCUT2D eigenvalue weighted by atomic mass is 10.2. The van der Waals surface area contributed by atoms with Gasteiger partial charge in [-0.25, -0.2) is 0 Å². The molecule has 1 atom stereocenters. The zero-order valence-electron chi connectivity index (χ0n) is 4.69. The molecule has 0 bridgehead atoms. The van der Waals surface area contributed by atoms with Gasteiger partial charge in [-0.05, 0) is 13.3 Å². The highest BCUT2D eigenvalue weighted by molar-refractivity contribution is 4.61. The van der Waals surface area contributed by atoms with E-state index in [0.29, 0.717) is 0 Å². The monoisotopic (exact) mass is 99.1 g/mol. The zero-order chi connectivity index (χ0) is 5.70. The Morgan fingerprint density at radius 3 is 2.29 bits per heavy atom. The fraction of sp³-hybridized carbons (Fsp3) is 0.667. The fourth-order valence-corrected chi connectivity index (χ4v) is 0.407. The first-order chi connectivity index (χ1) is 3.27. The first kappa shape index (κ1) is 6.96. The Morgan fingerprint density at radius 2 is 2.14 bits per heavy atom. The first-order valence-corrected chi connectivity index (χ1v) is 2.65. The molecular formula is C6H13N. The molecule has 0 saturated carbocycles.